The number of hydrogen-bond acceptors (Lipinski definition) is 2. The van der Waals surface area contributed by atoms with Crippen molar-refractivity contribution in [1.82, 2.24) is 9.78 Å². The highest BCUT2D eigenvalue weighted by Crippen LogP contribution is 2.33. The molecule has 2 N–H and O–H groups in total. The molecule has 1 aromatic rings. The largest absolute Gasteiger partial charge is 0.327 e. The van der Waals surface area contributed by atoms with Crippen molar-refractivity contribution in [2.75, 3.05) is 0 Å². The van der Waals surface area contributed by atoms with Gasteiger partial charge in [-0.2, -0.15) is 5.10 Å². The summed E-state index contributed by atoms with van der Waals surface area (Å²) in [5.41, 5.74) is 8.51. The Balaban J connectivity index is 2.01. The van der Waals surface area contributed by atoms with Gasteiger partial charge in [0.15, 0.2) is 0 Å². The highest BCUT2D eigenvalue weighted by molar-refractivity contribution is 9.10. The summed E-state index contributed by atoms with van der Waals surface area (Å²) in [5.74, 6) is 0.790. The van der Waals surface area contributed by atoms with E-state index in [0.717, 1.165) is 35.5 Å². The van der Waals surface area contributed by atoms with Crippen molar-refractivity contribution in [3.63, 3.8) is 0 Å². The van der Waals surface area contributed by atoms with Gasteiger partial charge < -0.3 is 5.73 Å². The summed E-state index contributed by atoms with van der Waals surface area (Å²) in [6, 6.07) is 0.382. The van der Waals surface area contributed by atoms with Crippen molar-refractivity contribution in [1.29, 1.82) is 0 Å². The third-order valence-electron chi connectivity index (χ3n) is 3.39. The molecule has 0 saturated heterocycles. The molecule has 0 spiro atoms. The molecule has 16 heavy (non-hydrogen) atoms. The third-order valence-corrected chi connectivity index (χ3v) is 4.43. The van der Waals surface area contributed by atoms with Gasteiger partial charge in [0.2, 0.25) is 0 Å². The lowest BCUT2D eigenvalue weighted by atomic mass is 10.1. The van der Waals surface area contributed by atoms with Crippen LogP contribution in [-0.2, 0) is 13.0 Å². The van der Waals surface area contributed by atoms with Gasteiger partial charge >= 0.3 is 0 Å². The summed E-state index contributed by atoms with van der Waals surface area (Å²) in [6.45, 7) is 5.10. The standard InChI is InChI=1S/C12H20BrN3/c1-3-16-11(12(13)8(2)15-16)7-6-10(14)9-4-5-9/h9-10H,3-7,14H2,1-2H3. The van der Waals surface area contributed by atoms with Gasteiger partial charge in [-0.25, -0.2) is 0 Å². The zero-order valence-corrected chi connectivity index (χ0v) is 11.6. The number of nitrogens with two attached hydrogens (primary N) is 1. The minimum Gasteiger partial charge on any atom is -0.327 e. The fourth-order valence-corrected chi connectivity index (χ4v) is 2.65. The smallest absolute Gasteiger partial charge is 0.0738 e. The Hall–Kier alpha value is -0.350. The third kappa shape index (κ3) is 2.48. The minimum atomic E-state index is 0.382. The molecule has 1 aliphatic carbocycles. The highest BCUT2D eigenvalue weighted by Gasteiger charge is 2.28. The maximum atomic E-state index is 6.13. The van der Waals surface area contributed by atoms with Crippen LogP contribution in [0.15, 0.2) is 4.47 Å². The van der Waals surface area contributed by atoms with Crippen LogP contribution in [0.4, 0.5) is 0 Å². The molecule has 90 valence electrons. The van der Waals surface area contributed by atoms with Crippen molar-refractivity contribution in [3.8, 4) is 0 Å². The van der Waals surface area contributed by atoms with E-state index in [1.54, 1.807) is 0 Å². The summed E-state index contributed by atoms with van der Waals surface area (Å²) in [7, 11) is 0. The Morgan fingerprint density at radius 2 is 2.25 bits per heavy atom. The number of nitrogens with zero attached hydrogens (tertiary/aromatic N) is 2. The van der Waals surface area contributed by atoms with Gasteiger partial charge in [-0.3, -0.25) is 4.68 Å². The van der Waals surface area contributed by atoms with Gasteiger partial charge in [0.25, 0.3) is 0 Å². The fraction of sp³-hybridized carbons (Fsp3) is 0.750. The molecule has 0 amide bonds. The molecule has 2 rings (SSSR count). The quantitative estimate of drug-likeness (QED) is 0.904. The van der Waals surface area contributed by atoms with Crippen LogP contribution < -0.4 is 5.73 Å². The van der Waals surface area contributed by atoms with Crippen LogP contribution in [0.3, 0.4) is 0 Å². The molecule has 1 unspecified atom stereocenters. The predicted octanol–water partition coefficient (Wildman–Crippen LogP) is 2.64. The fourth-order valence-electron chi connectivity index (χ4n) is 2.17. The molecule has 1 aromatic heterocycles. The maximum Gasteiger partial charge on any atom is 0.0738 e. The molecule has 0 aliphatic heterocycles. The summed E-state index contributed by atoms with van der Waals surface area (Å²) < 4.78 is 3.25. The lowest BCUT2D eigenvalue weighted by Crippen LogP contribution is -2.23. The first-order valence-electron chi connectivity index (χ1n) is 6.10. The van der Waals surface area contributed by atoms with Crippen molar-refractivity contribution < 1.29 is 0 Å². The van der Waals surface area contributed by atoms with E-state index in [1.165, 1.54) is 18.5 Å². The van der Waals surface area contributed by atoms with Crippen molar-refractivity contribution >= 4 is 15.9 Å². The highest BCUT2D eigenvalue weighted by atomic mass is 79.9. The van der Waals surface area contributed by atoms with Gasteiger partial charge in [-0.15, -0.1) is 0 Å². The van der Waals surface area contributed by atoms with Crippen molar-refractivity contribution in [2.24, 2.45) is 11.7 Å². The summed E-state index contributed by atoms with van der Waals surface area (Å²) in [5, 5.41) is 4.50. The molecule has 1 saturated carbocycles. The molecule has 3 nitrogen and oxygen atoms in total. The van der Waals surface area contributed by atoms with Gasteiger partial charge in [-0.1, -0.05) is 0 Å². The van der Waals surface area contributed by atoms with E-state index in [0.29, 0.717) is 6.04 Å². The zero-order chi connectivity index (χ0) is 11.7. The number of aromatic nitrogens is 2. The monoisotopic (exact) mass is 285 g/mol. The Morgan fingerprint density at radius 3 is 2.81 bits per heavy atom. The normalized spacial score (nSPS) is 17.8. The molecule has 1 atom stereocenters. The number of aryl methyl sites for hydroxylation is 2. The SMILES string of the molecule is CCn1nc(C)c(Br)c1CCC(N)C1CC1. The molecule has 0 aromatic carbocycles. The van der Waals surface area contributed by atoms with Gasteiger partial charge in [-0.05, 0) is 61.4 Å². The maximum absolute atomic E-state index is 6.13. The molecular weight excluding hydrogens is 266 g/mol. The molecule has 0 radical (unpaired) electrons. The molecule has 4 heteroatoms. The Labute approximate surface area is 106 Å². The van der Waals surface area contributed by atoms with Crippen molar-refractivity contribution in [2.45, 2.75) is 52.1 Å². The predicted molar refractivity (Wildman–Crippen MR) is 69.4 cm³/mol. The minimum absolute atomic E-state index is 0.382. The van der Waals surface area contributed by atoms with E-state index in [1.807, 2.05) is 6.92 Å². The van der Waals surface area contributed by atoms with E-state index in [2.05, 4.69) is 32.6 Å². The van der Waals surface area contributed by atoms with Crippen LogP contribution in [0, 0.1) is 12.8 Å². The van der Waals surface area contributed by atoms with Crippen LogP contribution >= 0.6 is 15.9 Å². The summed E-state index contributed by atoms with van der Waals surface area (Å²) in [4.78, 5) is 0. The zero-order valence-electron chi connectivity index (χ0n) is 10.0. The first-order valence-corrected chi connectivity index (χ1v) is 6.90. The van der Waals surface area contributed by atoms with Gasteiger partial charge in [0.1, 0.15) is 0 Å². The summed E-state index contributed by atoms with van der Waals surface area (Å²) >= 11 is 3.62. The van der Waals surface area contributed by atoms with Gasteiger partial charge in [0.05, 0.1) is 15.9 Å². The molecule has 1 fully saturated rings. The molecule has 0 bridgehead atoms. The van der Waals surface area contributed by atoms with Gasteiger partial charge in [0, 0.05) is 12.6 Å². The Morgan fingerprint density at radius 1 is 1.56 bits per heavy atom. The van der Waals surface area contributed by atoms with E-state index in [9.17, 15) is 0 Å². The second kappa shape index (κ2) is 4.88. The van der Waals surface area contributed by atoms with E-state index in [4.69, 9.17) is 5.73 Å². The van der Waals surface area contributed by atoms with Crippen LogP contribution in [0.25, 0.3) is 0 Å². The number of hydrogen-bond donors (Lipinski definition) is 1. The Bertz CT molecular complexity index is 369. The number of rotatable bonds is 5. The average molecular weight is 286 g/mol. The first-order chi connectivity index (χ1) is 7.63. The first kappa shape index (κ1) is 12.1. The second-order valence-corrected chi connectivity index (χ2v) is 5.49. The van der Waals surface area contributed by atoms with Crippen molar-refractivity contribution in [3.05, 3.63) is 15.9 Å². The molecule has 1 heterocycles. The lowest BCUT2D eigenvalue weighted by molar-refractivity contribution is 0.526. The summed E-state index contributed by atoms with van der Waals surface area (Å²) in [6.07, 6.45) is 4.77. The Kier molecular flexibility index (Phi) is 3.70. The molecule has 1 aliphatic rings. The molecular formula is C12H20BrN3. The van der Waals surface area contributed by atoms with E-state index in [-0.39, 0.29) is 0 Å². The topological polar surface area (TPSA) is 43.8 Å². The van der Waals surface area contributed by atoms with E-state index < -0.39 is 0 Å². The number of halogens is 1. The van der Waals surface area contributed by atoms with Crippen LogP contribution in [-0.4, -0.2) is 15.8 Å². The van der Waals surface area contributed by atoms with E-state index >= 15 is 0 Å². The average Bonchev–Trinajstić information content (AvgIpc) is 3.06. The second-order valence-electron chi connectivity index (χ2n) is 4.70. The van der Waals surface area contributed by atoms with Crippen LogP contribution in [0.1, 0.15) is 37.6 Å². The lowest BCUT2D eigenvalue weighted by Gasteiger charge is -2.11. The van der Waals surface area contributed by atoms with Crippen LogP contribution in [0.2, 0.25) is 0 Å². The van der Waals surface area contributed by atoms with Crippen LogP contribution in [0.5, 0.6) is 0 Å².